The first-order valence-corrected chi connectivity index (χ1v) is 18.5. The highest BCUT2D eigenvalue weighted by Gasteiger charge is 2.54. The molecule has 3 aromatic rings. The van der Waals surface area contributed by atoms with Crippen molar-refractivity contribution in [2.45, 2.75) is 24.9 Å². The third-order valence-corrected chi connectivity index (χ3v) is 9.95. The van der Waals surface area contributed by atoms with Crippen molar-refractivity contribution in [3.8, 4) is 11.5 Å². The van der Waals surface area contributed by atoms with Crippen molar-refractivity contribution in [1.82, 2.24) is 9.88 Å². The van der Waals surface area contributed by atoms with E-state index in [-0.39, 0.29) is 6.04 Å². The van der Waals surface area contributed by atoms with Crippen LogP contribution in [0.25, 0.3) is 17.2 Å². The maximum Gasteiger partial charge on any atom is 0.119 e. The van der Waals surface area contributed by atoms with Gasteiger partial charge in [-0.1, -0.05) is 24.3 Å². The zero-order chi connectivity index (χ0) is 36.0. The van der Waals surface area contributed by atoms with E-state index in [0.717, 1.165) is 102 Å². The molecule has 5 aliphatic rings. The third-order valence-electron chi connectivity index (χ3n) is 9.95. The van der Waals surface area contributed by atoms with Gasteiger partial charge < -0.3 is 28.3 Å². The number of ether oxygens (including phenoxy) is 2. The molecule has 266 valence electrons. The molecular formula is C44H50N6O2+2. The summed E-state index contributed by atoms with van der Waals surface area (Å²) < 4.78 is 14.3. The fraction of sp³-hybridized carbons (Fsp3) is 0.318. The molecule has 2 unspecified atom stereocenters. The molecule has 0 aliphatic carbocycles. The van der Waals surface area contributed by atoms with E-state index >= 15 is 0 Å². The number of quaternary nitrogens is 2. The van der Waals surface area contributed by atoms with Crippen LogP contribution in [0.2, 0.25) is 0 Å². The number of aliphatic imine (C=N–C) groups is 2. The summed E-state index contributed by atoms with van der Waals surface area (Å²) in [6.07, 6.45) is 17.3. The van der Waals surface area contributed by atoms with Crippen LogP contribution < -0.4 is 20.2 Å². The minimum absolute atomic E-state index is 0.264. The smallest absolute Gasteiger partial charge is 0.119 e. The van der Waals surface area contributed by atoms with Crippen molar-refractivity contribution >= 4 is 28.6 Å². The molecule has 8 nitrogen and oxygen atoms in total. The van der Waals surface area contributed by atoms with E-state index in [0.29, 0.717) is 19.3 Å². The number of rotatable bonds is 12. The summed E-state index contributed by atoms with van der Waals surface area (Å²) in [5.41, 5.74) is 9.36. The lowest BCUT2D eigenvalue weighted by Crippen LogP contribution is -2.36. The van der Waals surface area contributed by atoms with Gasteiger partial charge in [0.2, 0.25) is 0 Å². The quantitative estimate of drug-likeness (QED) is 0.161. The number of hydrogen-bond acceptors (Lipinski definition) is 5. The number of aromatic amines is 1. The Hall–Kier alpha value is -5.18. The molecule has 0 amide bonds. The van der Waals surface area contributed by atoms with E-state index in [4.69, 9.17) is 19.5 Å². The van der Waals surface area contributed by atoms with E-state index in [1.807, 2.05) is 6.07 Å². The Morgan fingerprint density at radius 1 is 0.692 bits per heavy atom. The van der Waals surface area contributed by atoms with Crippen LogP contribution in [0.1, 0.15) is 24.0 Å². The lowest BCUT2D eigenvalue weighted by Gasteiger charge is -2.24. The second-order valence-corrected chi connectivity index (χ2v) is 16.3. The molecule has 6 heterocycles. The van der Waals surface area contributed by atoms with Gasteiger partial charge in [-0.25, -0.2) is 9.98 Å². The van der Waals surface area contributed by atoms with Crippen LogP contribution in [0, 0.1) is 0 Å². The number of allylic oxidation sites excluding steroid dienone is 5. The molecule has 52 heavy (non-hydrogen) atoms. The standard InChI is InChI=1S/C44H50N6O2/c1-49(2,3)21-9-23-51-35-13-7-11-30(25-35)43-37-18-15-32(45-37)27-33-16-20-39(46-33)44(31-12-8-14-36(26-31)52-24-10-22-50(4,5)6)42-29-41-40(48(41)42)28-34-17-19-38(43)47-34/h7-8,11-20,25-29,40-41,45H,9-10,21-24H2,1-6H3/q+2/b32-27?,34-28-,43-37-,44-39?. The Morgan fingerprint density at radius 2 is 1.35 bits per heavy atom. The molecule has 8 heteroatoms. The molecule has 1 N–H and O–H groups in total. The van der Waals surface area contributed by atoms with Gasteiger partial charge in [-0.15, -0.1) is 0 Å². The summed E-state index contributed by atoms with van der Waals surface area (Å²) >= 11 is 0. The second kappa shape index (κ2) is 13.4. The van der Waals surface area contributed by atoms with Gasteiger partial charge in [-0.2, -0.15) is 0 Å². The van der Waals surface area contributed by atoms with Gasteiger partial charge in [0.05, 0.1) is 103 Å². The molecule has 1 saturated heterocycles. The van der Waals surface area contributed by atoms with Gasteiger partial charge in [-0.3, -0.25) is 0 Å². The molecule has 2 atom stereocenters. The van der Waals surface area contributed by atoms with Crippen molar-refractivity contribution in [2.24, 2.45) is 9.98 Å². The molecular weight excluding hydrogens is 645 g/mol. The summed E-state index contributed by atoms with van der Waals surface area (Å²) in [6.45, 7) is 3.50. The predicted octanol–water partition coefficient (Wildman–Crippen LogP) is 5.23. The first-order chi connectivity index (χ1) is 25.0. The first kappa shape index (κ1) is 33.9. The average Bonchev–Trinajstić information content (AvgIpc) is 3.62. The Labute approximate surface area is 307 Å². The fourth-order valence-corrected chi connectivity index (χ4v) is 7.32. The van der Waals surface area contributed by atoms with Gasteiger partial charge in [0, 0.05) is 40.4 Å². The summed E-state index contributed by atoms with van der Waals surface area (Å²) in [4.78, 5) is 16.5. The Kier molecular flexibility index (Phi) is 8.76. The molecule has 1 fully saturated rings. The van der Waals surface area contributed by atoms with Gasteiger partial charge in [0.1, 0.15) is 11.5 Å². The number of hydrogen-bond donors (Lipinski definition) is 1. The van der Waals surface area contributed by atoms with Crippen molar-refractivity contribution in [2.75, 3.05) is 68.6 Å². The summed E-state index contributed by atoms with van der Waals surface area (Å²) in [7, 11) is 13.3. The highest BCUT2D eigenvalue weighted by atomic mass is 16.5. The topological polar surface area (TPSA) is 62.0 Å². The molecule has 8 rings (SSSR count). The van der Waals surface area contributed by atoms with Gasteiger partial charge in [-0.05, 0) is 90.1 Å². The van der Waals surface area contributed by atoms with Crippen LogP contribution in [0.15, 0.2) is 124 Å². The summed E-state index contributed by atoms with van der Waals surface area (Å²) in [5.74, 6) is 1.76. The lowest BCUT2D eigenvalue weighted by atomic mass is 9.97. The number of benzene rings is 2. The minimum atomic E-state index is 0.264. The zero-order valence-corrected chi connectivity index (χ0v) is 31.3. The number of aromatic nitrogens is 1. The van der Waals surface area contributed by atoms with Gasteiger partial charge in [0.15, 0.2) is 0 Å². The van der Waals surface area contributed by atoms with E-state index in [1.54, 1.807) is 0 Å². The van der Waals surface area contributed by atoms with E-state index in [9.17, 15) is 0 Å². The van der Waals surface area contributed by atoms with Gasteiger partial charge >= 0.3 is 0 Å². The van der Waals surface area contributed by atoms with Crippen LogP contribution in [0.5, 0.6) is 11.5 Å². The minimum Gasteiger partial charge on any atom is -0.493 e. The SMILES string of the molecule is C[N+](C)(C)CCCOc1cccc(C2=C3C=CC(=N3)C=c3cc/c([nH]3)=C(\c3cccc(OCCC[N+](C)(C)C)c3)C3=N/C(=C\C4C5C=C2N54)C=C3)c1. The summed E-state index contributed by atoms with van der Waals surface area (Å²) in [5, 5.41) is 1.98. The Balaban J connectivity index is 1.14. The van der Waals surface area contributed by atoms with Crippen molar-refractivity contribution in [1.29, 1.82) is 0 Å². The van der Waals surface area contributed by atoms with E-state index in [2.05, 4.69) is 149 Å². The predicted molar refractivity (Wildman–Crippen MR) is 212 cm³/mol. The van der Waals surface area contributed by atoms with E-state index < -0.39 is 0 Å². The summed E-state index contributed by atoms with van der Waals surface area (Å²) in [6, 6.07) is 21.8. The monoisotopic (exact) mass is 694 g/mol. The van der Waals surface area contributed by atoms with Crippen LogP contribution >= 0.6 is 0 Å². The normalized spacial score (nSPS) is 22.2. The second-order valence-electron chi connectivity index (χ2n) is 16.3. The Bertz CT molecular complexity index is 2250. The molecule has 0 saturated carbocycles. The van der Waals surface area contributed by atoms with Crippen molar-refractivity contribution in [3.05, 3.63) is 136 Å². The molecule has 1 aromatic heterocycles. The number of nitrogens with zero attached hydrogens (tertiary/aromatic N) is 5. The Morgan fingerprint density at radius 3 is 2.02 bits per heavy atom. The zero-order valence-electron chi connectivity index (χ0n) is 31.3. The van der Waals surface area contributed by atoms with Crippen LogP contribution in [-0.2, 0) is 0 Å². The molecule has 0 spiro atoms. The highest BCUT2D eigenvalue weighted by Crippen LogP contribution is 2.51. The van der Waals surface area contributed by atoms with Crippen LogP contribution in [-0.4, -0.2) is 111 Å². The number of nitrogens with one attached hydrogen (secondary N) is 1. The van der Waals surface area contributed by atoms with Crippen LogP contribution in [0.4, 0.5) is 0 Å². The average molecular weight is 695 g/mol. The third kappa shape index (κ3) is 7.40. The highest BCUT2D eigenvalue weighted by molar-refractivity contribution is 6.30. The maximum absolute atomic E-state index is 6.25. The van der Waals surface area contributed by atoms with Crippen LogP contribution in [0.3, 0.4) is 0 Å². The molecule has 5 aliphatic heterocycles. The fourth-order valence-electron chi connectivity index (χ4n) is 7.32. The number of fused-ring (bicyclic) bond motifs is 5. The number of H-pyrrole nitrogens is 1. The maximum atomic E-state index is 6.25. The van der Waals surface area contributed by atoms with Gasteiger partial charge in [0.25, 0.3) is 0 Å². The largest absolute Gasteiger partial charge is 0.493 e. The first-order valence-electron chi connectivity index (χ1n) is 18.5. The van der Waals surface area contributed by atoms with Crippen molar-refractivity contribution in [3.63, 3.8) is 0 Å². The molecule has 0 radical (unpaired) electrons. The van der Waals surface area contributed by atoms with Crippen molar-refractivity contribution < 1.29 is 18.4 Å². The lowest BCUT2D eigenvalue weighted by molar-refractivity contribution is -0.870. The molecule has 2 aromatic carbocycles. The molecule has 6 bridgehead atoms. The van der Waals surface area contributed by atoms with E-state index in [1.165, 1.54) is 5.70 Å².